The molecule has 0 fully saturated rings. The second-order valence-electron chi connectivity index (χ2n) is 4.35. The molecule has 4 heteroatoms. The van der Waals surface area contributed by atoms with Gasteiger partial charge in [-0.1, -0.05) is 6.58 Å². The summed E-state index contributed by atoms with van der Waals surface area (Å²) in [5, 5.41) is 3.01. The van der Waals surface area contributed by atoms with Crippen LogP contribution >= 0.6 is 0 Å². The van der Waals surface area contributed by atoms with E-state index in [0.29, 0.717) is 0 Å². The smallest absolute Gasteiger partial charge is 0.248 e. The SMILES string of the molecule is C=CC(=O)NC(C)(C)[N+](CC)(CC)CC.[Cl-]. The molecule has 0 bridgehead atoms. The molecule has 0 aliphatic heterocycles. The van der Waals surface area contributed by atoms with Crippen LogP contribution < -0.4 is 17.7 Å². The molecule has 0 heterocycles. The summed E-state index contributed by atoms with van der Waals surface area (Å²) in [6.07, 6.45) is 1.33. The van der Waals surface area contributed by atoms with E-state index in [9.17, 15) is 4.79 Å². The average molecular weight is 249 g/mol. The van der Waals surface area contributed by atoms with Crippen LogP contribution in [-0.2, 0) is 4.79 Å². The molecular weight excluding hydrogens is 224 g/mol. The monoisotopic (exact) mass is 248 g/mol. The summed E-state index contributed by atoms with van der Waals surface area (Å²) in [6, 6.07) is 0. The Kier molecular flexibility index (Phi) is 7.71. The number of carbonyl (C=O) groups is 1. The Morgan fingerprint density at radius 1 is 1.25 bits per heavy atom. The van der Waals surface area contributed by atoms with Crippen LogP contribution in [0.1, 0.15) is 34.6 Å². The van der Waals surface area contributed by atoms with Gasteiger partial charge in [-0.25, -0.2) is 0 Å². The third-order valence-electron chi connectivity index (χ3n) is 3.62. The van der Waals surface area contributed by atoms with Crippen LogP contribution in [0.4, 0.5) is 0 Å². The Bertz CT molecular complexity index is 227. The summed E-state index contributed by atoms with van der Waals surface area (Å²) in [4.78, 5) is 11.4. The lowest BCUT2D eigenvalue weighted by molar-refractivity contribution is -0.970. The first-order chi connectivity index (χ1) is 6.89. The zero-order valence-electron chi connectivity index (χ0n) is 11.1. The van der Waals surface area contributed by atoms with Gasteiger partial charge in [0.1, 0.15) is 0 Å². The highest BCUT2D eigenvalue weighted by Gasteiger charge is 2.40. The third-order valence-corrected chi connectivity index (χ3v) is 3.62. The molecule has 0 radical (unpaired) electrons. The standard InChI is InChI=1S/C12H24N2O.ClH/c1-7-11(15)13-12(5,6)14(8-2,9-3)10-4;/h7H,1,8-10H2,2-6H3;1H. The van der Waals surface area contributed by atoms with E-state index in [0.717, 1.165) is 24.1 Å². The maximum atomic E-state index is 11.4. The zero-order chi connectivity index (χ0) is 12.1. The maximum absolute atomic E-state index is 11.4. The fraction of sp³-hybridized carbons (Fsp3) is 0.750. The number of nitrogens with one attached hydrogen (secondary N) is 1. The molecule has 96 valence electrons. The molecule has 1 N–H and O–H groups in total. The van der Waals surface area contributed by atoms with Gasteiger partial charge in [-0.3, -0.25) is 4.79 Å². The molecule has 0 saturated heterocycles. The first kappa shape index (κ1) is 17.8. The molecule has 0 aliphatic carbocycles. The summed E-state index contributed by atoms with van der Waals surface area (Å²) in [5.41, 5.74) is -0.247. The molecule has 0 aromatic rings. The quantitative estimate of drug-likeness (QED) is 0.361. The lowest BCUT2D eigenvalue weighted by Crippen LogP contribution is -3.00. The van der Waals surface area contributed by atoms with E-state index < -0.39 is 0 Å². The van der Waals surface area contributed by atoms with Gasteiger partial charge in [0.2, 0.25) is 5.91 Å². The van der Waals surface area contributed by atoms with E-state index >= 15 is 0 Å². The van der Waals surface area contributed by atoms with Gasteiger partial charge < -0.3 is 22.2 Å². The van der Waals surface area contributed by atoms with Crippen LogP contribution in [0.2, 0.25) is 0 Å². The lowest BCUT2D eigenvalue weighted by atomic mass is 10.1. The molecule has 0 rings (SSSR count). The van der Waals surface area contributed by atoms with Crippen molar-refractivity contribution < 1.29 is 21.7 Å². The van der Waals surface area contributed by atoms with Crippen molar-refractivity contribution >= 4 is 5.91 Å². The Hall–Kier alpha value is -0.540. The Morgan fingerprint density at radius 3 is 1.88 bits per heavy atom. The van der Waals surface area contributed by atoms with Crippen LogP contribution in [0.15, 0.2) is 12.7 Å². The number of rotatable bonds is 6. The van der Waals surface area contributed by atoms with Gasteiger partial charge in [0.15, 0.2) is 5.66 Å². The topological polar surface area (TPSA) is 29.1 Å². The van der Waals surface area contributed by atoms with E-state index in [2.05, 4.69) is 46.5 Å². The predicted octanol–water partition coefficient (Wildman–Crippen LogP) is -1.09. The lowest BCUT2D eigenvalue weighted by Gasteiger charge is -2.48. The molecule has 0 saturated carbocycles. The molecular formula is C12H25ClN2O. The van der Waals surface area contributed by atoms with Crippen molar-refractivity contribution in [2.24, 2.45) is 0 Å². The summed E-state index contributed by atoms with van der Waals surface area (Å²) < 4.78 is 0.882. The zero-order valence-corrected chi connectivity index (χ0v) is 11.9. The number of carbonyl (C=O) groups excluding carboxylic acids is 1. The van der Waals surface area contributed by atoms with Crippen LogP contribution in [0.5, 0.6) is 0 Å². The molecule has 0 aromatic heterocycles. The molecule has 0 unspecified atom stereocenters. The van der Waals surface area contributed by atoms with Gasteiger partial charge in [0, 0.05) is 13.8 Å². The Labute approximate surface area is 106 Å². The van der Waals surface area contributed by atoms with Gasteiger partial charge >= 0.3 is 0 Å². The van der Waals surface area contributed by atoms with Crippen molar-refractivity contribution in [3.05, 3.63) is 12.7 Å². The highest BCUT2D eigenvalue weighted by molar-refractivity contribution is 5.87. The number of amides is 1. The van der Waals surface area contributed by atoms with Crippen molar-refractivity contribution in [1.82, 2.24) is 5.32 Å². The maximum Gasteiger partial charge on any atom is 0.248 e. The highest BCUT2D eigenvalue weighted by atomic mass is 35.5. The predicted molar refractivity (Wildman–Crippen MR) is 64.3 cm³/mol. The van der Waals surface area contributed by atoms with Crippen molar-refractivity contribution in [2.45, 2.75) is 40.3 Å². The second-order valence-corrected chi connectivity index (χ2v) is 4.35. The molecule has 0 spiro atoms. The molecule has 0 aliphatic rings. The van der Waals surface area contributed by atoms with Gasteiger partial charge in [-0.05, 0) is 26.8 Å². The van der Waals surface area contributed by atoms with Crippen LogP contribution in [0.25, 0.3) is 0 Å². The summed E-state index contributed by atoms with van der Waals surface area (Å²) >= 11 is 0. The molecule has 0 aromatic carbocycles. The van der Waals surface area contributed by atoms with E-state index in [4.69, 9.17) is 0 Å². The number of quaternary nitrogens is 1. The van der Waals surface area contributed by atoms with Crippen molar-refractivity contribution in [1.29, 1.82) is 0 Å². The first-order valence-electron chi connectivity index (χ1n) is 5.69. The molecule has 1 amide bonds. The van der Waals surface area contributed by atoms with E-state index in [-0.39, 0.29) is 24.0 Å². The number of halogens is 1. The third kappa shape index (κ3) is 3.49. The largest absolute Gasteiger partial charge is 1.00 e. The van der Waals surface area contributed by atoms with Gasteiger partial charge in [0.05, 0.1) is 19.6 Å². The van der Waals surface area contributed by atoms with Crippen LogP contribution in [0.3, 0.4) is 0 Å². The Balaban J connectivity index is 0. The minimum Gasteiger partial charge on any atom is -1.00 e. The van der Waals surface area contributed by atoms with E-state index in [1.165, 1.54) is 6.08 Å². The Morgan fingerprint density at radius 2 is 1.62 bits per heavy atom. The minimum atomic E-state index is -0.247. The molecule has 0 atom stereocenters. The van der Waals surface area contributed by atoms with Crippen LogP contribution in [0, 0.1) is 0 Å². The van der Waals surface area contributed by atoms with Crippen molar-refractivity contribution in [3.63, 3.8) is 0 Å². The highest BCUT2D eigenvalue weighted by Crippen LogP contribution is 2.21. The fourth-order valence-electron chi connectivity index (χ4n) is 2.33. The number of nitrogens with zero attached hydrogens (tertiary/aromatic N) is 1. The molecule has 16 heavy (non-hydrogen) atoms. The molecule has 3 nitrogen and oxygen atoms in total. The van der Waals surface area contributed by atoms with Gasteiger partial charge in [0.25, 0.3) is 0 Å². The average Bonchev–Trinajstić information content (AvgIpc) is 2.20. The van der Waals surface area contributed by atoms with E-state index in [1.54, 1.807) is 0 Å². The summed E-state index contributed by atoms with van der Waals surface area (Å²) in [5.74, 6) is -0.0992. The summed E-state index contributed by atoms with van der Waals surface area (Å²) in [6.45, 7) is 17.2. The summed E-state index contributed by atoms with van der Waals surface area (Å²) in [7, 11) is 0. The van der Waals surface area contributed by atoms with E-state index in [1.807, 2.05) is 0 Å². The van der Waals surface area contributed by atoms with Gasteiger partial charge in [-0.2, -0.15) is 0 Å². The van der Waals surface area contributed by atoms with Crippen molar-refractivity contribution in [3.8, 4) is 0 Å². The number of hydrogen-bond donors (Lipinski definition) is 1. The van der Waals surface area contributed by atoms with Crippen LogP contribution in [-0.4, -0.2) is 35.7 Å². The fourth-order valence-corrected chi connectivity index (χ4v) is 2.33. The van der Waals surface area contributed by atoms with Gasteiger partial charge in [-0.15, -0.1) is 0 Å². The first-order valence-corrected chi connectivity index (χ1v) is 5.69. The normalized spacial score (nSPS) is 11.6. The number of hydrogen-bond acceptors (Lipinski definition) is 1. The second kappa shape index (κ2) is 6.92. The minimum absolute atomic E-state index is 0. The van der Waals surface area contributed by atoms with Crippen molar-refractivity contribution in [2.75, 3.05) is 19.6 Å².